The highest BCUT2D eigenvalue weighted by Gasteiger charge is 2.38. The quantitative estimate of drug-likeness (QED) is 0.677. The van der Waals surface area contributed by atoms with Crippen LogP contribution >= 0.6 is 0 Å². The Balaban J connectivity index is 2.58. The van der Waals surface area contributed by atoms with Crippen molar-refractivity contribution in [1.82, 2.24) is 4.90 Å². The highest BCUT2D eigenvalue weighted by molar-refractivity contribution is 6.16. The molecule has 1 aliphatic heterocycles. The number of benzene rings is 1. The van der Waals surface area contributed by atoms with Crippen LogP contribution in [0.3, 0.4) is 0 Å². The molecule has 0 fully saturated rings. The average molecular weight is 331 g/mol. The first-order valence-electron chi connectivity index (χ1n) is 7.53. The number of allylic oxidation sites excluding steroid dienone is 1. The number of carbonyl (C=O) groups is 2. The molecule has 1 heterocycles. The van der Waals surface area contributed by atoms with Gasteiger partial charge in [0.1, 0.15) is 0 Å². The molecule has 0 aromatic heterocycles. The lowest BCUT2D eigenvalue weighted by Gasteiger charge is -2.22. The zero-order valence-corrected chi connectivity index (χ0v) is 14.4. The van der Waals surface area contributed by atoms with Gasteiger partial charge in [0.15, 0.2) is 11.5 Å². The van der Waals surface area contributed by atoms with Crippen LogP contribution in [0, 0.1) is 0 Å². The number of esters is 1. The van der Waals surface area contributed by atoms with Gasteiger partial charge >= 0.3 is 5.97 Å². The summed E-state index contributed by atoms with van der Waals surface area (Å²) >= 11 is 0. The molecule has 0 bridgehead atoms. The van der Waals surface area contributed by atoms with Crippen molar-refractivity contribution in [2.24, 2.45) is 0 Å². The number of rotatable bonds is 4. The van der Waals surface area contributed by atoms with Crippen LogP contribution in [0.25, 0.3) is 6.08 Å². The van der Waals surface area contributed by atoms with Crippen molar-refractivity contribution in [2.75, 3.05) is 14.2 Å². The van der Waals surface area contributed by atoms with Gasteiger partial charge in [-0.2, -0.15) is 0 Å². The second-order valence-corrected chi connectivity index (χ2v) is 5.71. The molecule has 0 saturated carbocycles. The Morgan fingerprint density at radius 1 is 1.29 bits per heavy atom. The summed E-state index contributed by atoms with van der Waals surface area (Å²) in [6.07, 6.45) is 1.60. The van der Waals surface area contributed by atoms with Crippen LogP contribution in [0.2, 0.25) is 0 Å². The van der Waals surface area contributed by atoms with E-state index in [2.05, 4.69) is 0 Å². The molecule has 1 amide bonds. The highest BCUT2D eigenvalue weighted by Crippen LogP contribution is 2.34. The molecular formula is C18H21NO5. The summed E-state index contributed by atoms with van der Waals surface area (Å²) in [6, 6.07) is 4.62. The SMILES string of the molecule is COC(=O)C1=C(C)N(C(C)C)C(=O)/C1=C\c1ccc(O)c(OC)c1. The third-order valence-corrected chi connectivity index (χ3v) is 3.86. The molecule has 1 aliphatic rings. The first-order valence-corrected chi connectivity index (χ1v) is 7.53. The van der Waals surface area contributed by atoms with E-state index in [0.29, 0.717) is 11.3 Å². The molecule has 0 unspecified atom stereocenters. The minimum Gasteiger partial charge on any atom is -0.504 e. The summed E-state index contributed by atoms with van der Waals surface area (Å²) in [4.78, 5) is 26.5. The van der Waals surface area contributed by atoms with E-state index in [-0.39, 0.29) is 34.6 Å². The third kappa shape index (κ3) is 2.99. The van der Waals surface area contributed by atoms with Crippen molar-refractivity contribution in [2.45, 2.75) is 26.8 Å². The maximum Gasteiger partial charge on any atom is 0.340 e. The second-order valence-electron chi connectivity index (χ2n) is 5.71. The van der Waals surface area contributed by atoms with Crippen LogP contribution in [0.5, 0.6) is 11.5 Å². The van der Waals surface area contributed by atoms with E-state index in [9.17, 15) is 14.7 Å². The number of phenols is 1. The molecule has 1 aromatic rings. The first-order chi connectivity index (χ1) is 11.3. The number of ether oxygens (including phenoxy) is 2. The Kier molecular flexibility index (Phi) is 4.97. The molecule has 1 aromatic carbocycles. The average Bonchev–Trinajstić information content (AvgIpc) is 2.79. The van der Waals surface area contributed by atoms with Gasteiger partial charge < -0.3 is 19.5 Å². The molecule has 0 aliphatic carbocycles. The topological polar surface area (TPSA) is 76.1 Å². The van der Waals surface area contributed by atoms with Crippen molar-refractivity contribution in [1.29, 1.82) is 0 Å². The van der Waals surface area contributed by atoms with Crippen LogP contribution < -0.4 is 4.74 Å². The van der Waals surface area contributed by atoms with E-state index in [1.165, 1.54) is 20.3 Å². The van der Waals surface area contributed by atoms with E-state index in [1.54, 1.807) is 30.0 Å². The van der Waals surface area contributed by atoms with Crippen molar-refractivity contribution in [3.63, 3.8) is 0 Å². The molecule has 6 heteroatoms. The molecule has 0 atom stereocenters. The van der Waals surface area contributed by atoms with Crippen LogP contribution in [-0.4, -0.2) is 42.1 Å². The predicted octanol–water partition coefficient (Wildman–Crippen LogP) is 2.48. The first kappa shape index (κ1) is 17.6. The largest absolute Gasteiger partial charge is 0.504 e. The van der Waals surface area contributed by atoms with Crippen molar-refractivity contribution < 1.29 is 24.2 Å². The molecule has 2 rings (SSSR count). The van der Waals surface area contributed by atoms with Gasteiger partial charge in [-0.1, -0.05) is 6.07 Å². The summed E-state index contributed by atoms with van der Waals surface area (Å²) in [6.45, 7) is 5.48. The zero-order chi connectivity index (χ0) is 18.0. The molecule has 0 saturated heterocycles. The molecule has 0 spiro atoms. The number of nitrogens with zero attached hydrogens (tertiary/aromatic N) is 1. The van der Waals surface area contributed by atoms with Gasteiger partial charge in [-0.3, -0.25) is 4.79 Å². The summed E-state index contributed by atoms with van der Waals surface area (Å²) in [5.41, 5.74) is 1.72. The van der Waals surface area contributed by atoms with Crippen LogP contribution in [0.1, 0.15) is 26.3 Å². The lowest BCUT2D eigenvalue weighted by atomic mass is 10.0. The fourth-order valence-electron chi connectivity index (χ4n) is 2.77. The predicted molar refractivity (Wildman–Crippen MR) is 89.3 cm³/mol. The van der Waals surface area contributed by atoms with Gasteiger partial charge in [0.25, 0.3) is 5.91 Å². The van der Waals surface area contributed by atoms with E-state index in [0.717, 1.165) is 0 Å². The van der Waals surface area contributed by atoms with Crippen LogP contribution in [0.4, 0.5) is 0 Å². The van der Waals surface area contributed by atoms with E-state index < -0.39 is 5.97 Å². The van der Waals surface area contributed by atoms with E-state index in [4.69, 9.17) is 9.47 Å². The maximum absolute atomic E-state index is 12.7. The van der Waals surface area contributed by atoms with Gasteiger partial charge in [-0.25, -0.2) is 4.79 Å². The van der Waals surface area contributed by atoms with Crippen molar-refractivity contribution in [3.05, 3.63) is 40.6 Å². The van der Waals surface area contributed by atoms with Crippen LogP contribution in [-0.2, 0) is 14.3 Å². The van der Waals surface area contributed by atoms with Gasteiger partial charge in [-0.15, -0.1) is 0 Å². The number of phenolic OH excluding ortho intramolecular Hbond substituents is 1. The van der Waals surface area contributed by atoms with E-state index >= 15 is 0 Å². The zero-order valence-electron chi connectivity index (χ0n) is 14.4. The number of hydrogen-bond acceptors (Lipinski definition) is 5. The smallest absolute Gasteiger partial charge is 0.340 e. The van der Waals surface area contributed by atoms with Gasteiger partial charge in [0.05, 0.1) is 25.4 Å². The summed E-state index contributed by atoms with van der Waals surface area (Å²) in [5.74, 6) is -0.520. The standard InChI is InChI=1S/C18H21NO5/c1-10(2)19-11(3)16(18(22)24-5)13(17(19)21)8-12-6-7-14(20)15(9-12)23-4/h6-10,20H,1-5H3/b13-8-. The van der Waals surface area contributed by atoms with Gasteiger partial charge in [0.2, 0.25) is 0 Å². The molecular weight excluding hydrogens is 310 g/mol. The lowest BCUT2D eigenvalue weighted by Crippen LogP contribution is -2.31. The number of methoxy groups -OCH3 is 2. The summed E-state index contributed by atoms with van der Waals surface area (Å²) in [7, 11) is 2.73. The Morgan fingerprint density at radius 2 is 1.96 bits per heavy atom. The lowest BCUT2D eigenvalue weighted by molar-refractivity contribution is -0.136. The number of amides is 1. The van der Waals surface area contributed by atoms with Gasteiger partial charge in [-0.05, 0) is 44.5 Å². The third-order valence-electron chi connectivity index (χ3n) is 3.86. The highest BCUT2D eigenvalue weighted by atomic mass is 16.5. The molecule has 0 radical (unpaired) electrons. The minimum atomic E-state index is -0.555. The van der Waals surface area contributed by atoms with Gasteiger partial charge in [0, 0.05) is 11.7 Å². The normalized spacial score (nSPS) is 16.3. The van der Waals surface area contributed by atoms with Crippen LogP contribution in [0.15, 0.2) is 35.0 Å². The number of carbonyl (C=O) groups excluding carboxylic acids is 2. The second kappa shape index (κ2) is 6.78. The fraction of sp³-hybridized carbons (Fsp3) is 0.333. The van der Waals surface area contributed by atoms with E-state index in [1.807, 2.05) is 13.8 Å². The van der Waals surface area contributed by atoms with Crippen molar-refractivity contribution >= 4 is 18.0 Å². The molecule has 6 nitrogen and oxygen atoms in total. The van der Waals surface area contributed by atoms with Crippen molar-refractivity contribution in [3.8, 4) is 11.5 Å². The maximum atomic E-state index is 12.7. The summed E-state index contributed by atoms with van der Waals surface area (Å²) in [5, 5.41) is 9.68. The molecule has 128 valence electrons. The number of aromatic hydroxyl groups is 1. The number of hydrogen-bond donors (Lipinski definition) is 1. The molecule has 1 N–H and O–H groups in total. The monoisotopic (exact) mass is 331 g/mol. The molecule has 24 heavy (non-hydrogen) atoms. The Labute approximate surface area is 141 Å². The fourth-order valence-corrected chi connectivity index (χ4v) is 2.77. The summed E-state index contributed by atoms with van der Waals surface area (Å²) < 4.78 is 9.91. The Bertz CT molecular complexity index is 746. The minimum absolute atomic E-state index is 0.00104. The Hall–Kier alpha value is -2.76. The Morgan fingerprint density at radius 3 is 2.50 bits per heavy atom.